The maximum atomic E-state index is 12.2. The van der Waals surface area contributed by atoms with Crippen LogP contribution in [0.5, 0.6) is 5.75 Å². The van der Waals surface area contributed by atoms with Crippen LogP contribution in [-0.2, 0) is 4.79 Å². The third kappa shape index (κ3) is 3.82. The molecule has 0 spiro atoms. The molecular weight excluding hydrogens is 318 g/mol. The molecule has 0 aliphatic heterocycles. The Balaban J connectivity index is 1.73. The van der Waals surface area contributed by atoms with Crippen molar-refractivity contribution < 1.29 is 9.53 Å². The van der Waals surface area contributed by atoms with Gasteiger partial charge in [0.15, 0.2) is 18.2 Å². The molecule has 3 rings (SSSR count). The average molecular weight is 333 g/mol. The van der Waals surface area contributed by atoms with E-state index in [9.17, 15) is 10.1 Å². The Morgan fingerprint density at radius 3 is 2.76 bits per heavy atom. The second-order valence-electron chi connectivity index (χ2n) is 5.27. The molecule has 25 heavy (non-hydrogen) atoms. The first-order valence-corrected chi connectivity index (χ1v) is 7.56. The molecule has 0 saturated carbocycles. The molecule has 2 heterocycles. The van der Waals surface area contributed by atoms with Crippen molar-refractivity contribution in [2.24, 2.45) is 0 Å². The van der Waals surface area contributed by atoms with Crippen molar-refractivity contribution in [2.45, 2.75) is 6.92 Å². The summed E-state index contributed by atoms with van der Waals surface area (Å²) in [5.74, 6) is 0.965. The van der Waals surface area contributed by atoms with E-state index >= 15 is 0 Å². The van der Waals surface area contributed by atoms with Gasteiger partial charge in [0.2, 0.25) is 0 Å². The number of anilines is 1. The van der Waals surface area contributed by atoms with E-state index < -0.39 is 5.91 Å². The van der Waals surface area contributed by atoms with E-state index in [1.54, 1.807) is 36.5 Å². The van der Waals surface area contributed by atoms with Gasteiger partial charge < -0.3 is 10.1 Å². The first-order chi connectivity index (χ1) is 12.2. The number of nitrogens with one attached hydrogen (secondary N) is 1. The lowest BCUT2D eigenvalue weighted by Gasteiger charge is -2.10. The van der Waals surface area contributed by atoms with Gasteiger partial charge in [-0.1, -0.05) is 23.8 Å². The Labute approximate surface area is 144 Å². The molecule has 0 aliphatic carbocycles. The number of ether oxygens (including phenoxy) is 1. The van der Waals surface area contributed by atoms with Gasteiger partial charge in [-0.05, 0) is 31.2 Å². The molecule has 1 aromatic carbocycles. The number of pyridine rings is 1. The minimum atomic E-state index is -0.394. The molecule has 0 aliphatic rings. The zero-order valence-electron chi connectivity index (χ0n) is 13.5. The Morgan fingerprint density at radius 2 is 2.08 bits per heavy atom. The van der Waals surface area contributed by atoms with Gasteiger partial charge in [-0.25, -0.2) is 4.98 Å². The van der Waals surface area contributed by atoms with E-state index in [4.69, 9.17) is 4.74 Å². The van der Waals surface area contributed by atoms with Crippen LogP contribution in [0.1, 0.15) is 11.1 Å². The van der Waals surface area contributed by atoms with Crippen molar-refractivity contribution in [1.29, 1.82) is 5.26 Å². The number of benzene rings is 1. The van der Waals surface area contributed by atoms with Crippen molar-refractivity contribution >= 4 is 11.7 Å². The minimum absolute atomic E-state index is 0.179. The molecule has 0 saturated heterocycles. The third-order valence-electron chi connectivity index (χ3n) is 3.40. The molecule has 3 aromatic rings. The summed E-state index contributed by atoms with van der Waals surface area (Å²) in [5, 5.41) is 16.0. The smallest absolute Gasteiger partial charge is 0.263 e. The van der Waals surface area contributed by atoms with Crippen LogP contribution in [0.25, 0.3) is 5.82 Å². The lowest BCUT2D eigenvalue weighted by atomic mass is 10.2. The van der Waals surface area contributed by atoms with Gasteiger partial charge in [0, 0.05) is 6.20 Å². The van der Waals surface area contributed by atoms with E-state index in [1.165, 1.54) is 10.9 Å². The van der Waals surface area contributed by atoms with Crippen molar-refractivity contribution in [3.05, 3.63) is 66.0 Å². The summed E-state index contributed by atoms with van der Waals surface area (Å²) in [6, 6.07) is 14.7. The first kappa shape index (κ1) is 16.2. The van der Waals surface area contributed by atoms with Crippen molar-refractivity contribution in [3.63, 3.8) is 0 Å². The van der Waals surface area contributed by atoms with Crippen LogP contribution in [-0.4, -0.2) is 27.3 Å². The monoisotopic (exact) mass is 333 g/mol. The molecule has 1 N–H and O–H groups in total. The number of carbonyl (C=O) groups excluding carboxylic acids is 1. The van der Waals surface area contributed by atoms with E-state index in [2.05, 4.69) is 15.4 Å². The van der Waals surface area contributed by atoms with Crippen LogP contribution >= 0.6 is 0 Å². The first-order valence-electron chi connectivity index (χ1n) is 7.56. The fourth-order valence-corrected chi connectivity index (χ4v) is 2.15. The molecule has 2 aromatic heterocycles. The highest BCUT2D eigenvalue weighted by atomic mass is 16.5. The standard InChI is InChI=1S/C18H15N5O2/c1-13-5-7-15(8-6-13)25-12-17(24)22-18-14(10-19)11-21-23(18)16-4-2-3-9-20-16/h2-9,11H,12H2,1H3,(H,22,24). The number of nitriles is 1. The van der Waals surface area contributed by atoms with Crippen molar-refractivity contribution in [3.8, 4) is 17.6 Å². The summed E-state index contributed by atoms with van der Waals surface area (Å²) in [4.78, 5) is 16.4. The molecule has 0 bridgehead atoms. The van der Waals surface area contributed by atoms with Gasteiger partial charge in [-0.15, -0.1) is 0 Å². The SMILES string of the molecule is Cc1ccc(OCC(=O)Nc2c(C#N)cnn2-c2ccccn2)cc1. The summed E-state index contributed by atoms with van der Waals surface area (Å²) in [6.45, 7) is 1.79. The van der Waals surface area contributed by atoms with Gasteiger partial charge in [-0.2, -0.15) is 15.0 Å². The highest BCUT2D eigenvalue weighted by molar-refractivity contribution is 5.92. The summed E-state index contributed by atoms with van der Waals surface area (Å²) >= 11 is 0. The zero-order valence-corrected chi connectivity index (χ0v) is 13.5. The molecule has 7 nitrogen and oxygen atoms in total. The molecule has 0 fully saturated rings. The predicted octanol–water partition coefficient (Wildman–Crippen LogP) is 2.46. The number of nitrogens with zero attached hydrogens (tertiary/aromatic N) is 4. The van der Waals surface area contributed by atoms with E-state index in [0.717, 1.165) is 5.56 Å². The van der Waals surface area contributed by atoms with Gasteiger partial charge in [0.25, 0.3) is 5.91 Å². The van der Waals surface area contributed by atoms with Gasteiger partial charge >= 0.3 is 0 Å². The number of hydrogen-bond donors (Lipinski definition) is 1. The average Bonchev–Trinajstić information content (AvgIpc) is 3.04. The Kier molecular flexibility index (Phi) is 4.72. The Morgan fingerprint density at radius 1 is 1.28 bits per heavy atom. The summed E-state index contributed by atoms with van der Waals surface area (Å²) in [6.07, 6.45) is 2.99. The molecule has 0 radical (unpaired) electrons. The second kappa shape index (κ2) is 7.27. The quantitative estimate of drug-likeness (QED) is 0.774. The summed E-state index contributed by atoms with van der Waals surface area (Å²) in [7, 11) is 0. The molecule has 0 unspecified atom stereocenters. The predicted molar refractivity (Wildman–Crippen MR) is 91.4 cm³/mol. The third-order valence-corrected chi connectivity index (χ3v) is 3.40. The largest absolute Gasteiger partial charge is 0.484 e. The second-order valence-corrected chi connectivity index (χ2v) is 5.27. The number of amides is 1. The molecule has 0 atom stereocenters. The highest BCUT2D eigenvalue weighted by Crippen LogP contribution is 2.18. The van der Waals surface area contributed by atoms with Crippen LogP contribution in [0, 0.1) is 18.3 Å². The molecular formula is C18H15N5O2. The summed E-state index contributed by atoms with van der Waals surface area (Å²) < 4.78 is 6.86. The number of aromatic nitrogens is 3. The van der Waals surface area contributed by atoms with Crippen LogP contribution in [0.4, 0.5) is 5.82 Å². The molecule has 7 heteroatoms. The van der Waals surface area contributed by atoms with Gasteiger partial charge in [0.05, 0.1) is 6.20 Å². The fraction of sp³-hybridized carbons (Fsp3) is 0.111. The van der Waals surface area contributed by atoms with Crippen LogP contribution in [0.2, 0.25) is 0 Å². The maximum Gasteiger partial charge on any atom is 0.263 e. The number of carbonyl (C=O) groups is 1. The van der Waals surface area contributed by atoms with E-state index in [0.29, 0.717) is 11.6 Å². The van der Waals surface area contributed by atoms with Gasteiger partial charge in [0.1, 0.15) is 17.4 Å². The molecule has 1 amide bonds. The normalized spacial score (nSPS) is 10.1. The molecule has 124 valence electrons. The van der Waals surface area contributed by atoms with Crippen molar-refractivity contribution in [1.82, 2.24) is 14.8 Å². The lowest BCUT2D eigenvalue weighted by Crippen LogP contribution is -2.22. The van der Waals surface area contributed by atoms with Crippen molar-refractivity contribution in [2.75, 3.05) is 11.9 Å². The number of rotatable bonds is 5. The summed E-state index contributed by atoms with van der Waals surface area (Å²) in [5.41, 5.74) is 1.35. The minimum Gasteiger partial charge on any atom is -0.484 e. The maximum absolute atomic E-state index is 12.2. The van der Waals surface area contributed by atoms with Crippen LogP contribution in [0.15, 0.2) is 54.9 Å². The number of aryl methyl sites for hydroxylation is 1. The van der Waals surface area contributed by atoms with E-state index in [1.807, 2.05) is 25.1 Å². The zero-order chi connectivity index (χ0) is 17.6. The Bertz CT molecular complexity index is 911. The number of hydrogen-bond acceptors (Lipinski definition) is 5. The van der Waals surface area contributed by atoms with Crippen LogP contribution < -0.4 is 10.1 Å². The van der Waals surface area contributed by atoms with E-state index in [-0.39, 0.29) is 18.0 Å². The van der Waals surface area contributed by atoms with Crippen LogP contribution in [0.3, 0.4) is 0 Å². The lowest BCUT2D eigenvalue weighted by molar-refractivity contribution is -0.118. The Hall–Kier alpha value is -3.66. The highest BCUT2D eigenvalue weighted by Gasteiger charge is 2.16. The van der Waals surface area contributed by atoms with Gasteiger partial charge in [-0.3, -0.25) is 4.79 Å². The fourth-order valence-electron chi connectivity index (χ4n) is 2.15. The topological polar surface area (TPSA) is 92.8 Å².